The molecule has 6 heteroatoms. The minimum Gasteiger partial charge on any atom is -0.480 e. The monoisotopic (exact) mass is 213 g/mol. The van der Waals surface area contributed by atoms with Crippen LogP contribution >= 0.6 is 0 Å². The van der Waals surface area contributed by atoms with Crippen LogP contribution in [0, 0.1) is 11.3 Å². The predicted octanol–water partition coefficient (Wildman–Crippen LogP) is 0.405. The quantitative estimate of drug-likeness (QED) is 0.691. The molecule has 0 aromatic heterocycles. The lowest BCUT2D eigenvalue weighted by Gasteiger charge is -2.21. The summed E-state index contributed by atoms with van der Waals surface area (Å²) < 4.78 is 0. The summed E-state index contributed by atoms with van der Waals surface area (Å²) in [6, 6.07) is 1.35. The van der Waals surface area contributed by atoms with Crippen LogP contribution in [0.4, 0.5) is 4.79 Å². The number of hydrogen-bond donors (Lipinski definition) is 2. The molecule has 84 valence electrons. The Morgan fingerprint density at radius 1 is 1.53 bits per heavy atom. The second-order valence-electron chi connectivity index (χ2n) is 3.33. The van der Waals surface area contributed by atoms with E-state index in [1.54, 1.807) is 13.8 Å². The topological polar surface area (TPSA) is 93.4 Å². The molecule has 0 fully saturated rings. The van der Waals surface area contributed by atoms with Crippen LogP contribution in [0.5, 0.6) is 0 Å². The summed E-state index contributed by atoms with van der Waals surface area (Å²) in [6.07, 6.45) is 0.124. The highest BCUT2D eigenvalue weighted by molar-refractivity contribution is 5.80. The summed E-state index contributed by atoms with van der Waals surface area (Å²) in [7, 11) is 0. The van der Waals surface area contributed by atoms with Crippen LogP contribution in [0.2, 0.25) is 0 Å². The van der Waals surface area contributed by atoms with E-state index in [1.165, 1.54) is 0 Å². The van der Waals surface area contributed by atoms with E-state index in [0.717, 1.165) is 4.90 Å². The molecule has 0 rings (SSSR count). The molecule has 0 radical (unpaired) electrons. The molecule has 0 aromatic carbocycles. The Morgan fingerprint density at radius 3 is 2.53 bits per heavy atom. The number of urea groups is 1. The lowest BCUT2D eigenvalue weighted by atomic mass is 10.4. The second kappa shape index (κ2) is 6.65. The molecule has 0 saturated carbocycles. The van der Waals surface area contributed by atoms with E-state index in [4.69, 9.17) is 10.4 Å². The van der Waals surface area contributed by atoms with Gasteiger partial charge in [0.2, 0.25) is 0 Å². The van der Waals surface area contributed by atoms with Crippen LogP contribution in [0.3, 0.4) is 0 Å². The zero-order valence-electron chi connectivity index (χ0n) is 8.86. The van der Waals surface area contributed by atoms with Crippen LogP contribution in [0.25, 0.3) is 0 Å². The van der Waals surface area contributed by atoms with Crippen LogP contribution in [-0.4, -0.2) is 41.1 Å². The van der Waals surface area contributed by atoms with Gasteiger partial charge in [-0.3, -0.25) is 4.79 Å². The summed E-state index contributed by atoms with van der Waals surface area (Å²) in [5, 5.41) is 19.5. The molecule has 6 nitrogen and oxygen atoms in total. The van der Waals surface area contributed by atoms with Crippen molar-refractivity contribution in [2.24, 2.45) is 0 Å². The van der Waals surface area contributed by atoms with Gasteiger partial charge in [-0.05, 0) is 13.8 Å². The minimum absolute atomic E-state index is 0.0594. The van der Waals surface area contributed by atoms with Crippen molar-refractivity contribution in [1.29, 1.82) is 5.26 Å². The maximum absolute atomic E-state index is 11.4. The van der Waals surface area contributed by atoms with E-state index < -0.39 is 12.0 Å². The van der Waals surface area contributed by atoms with Crippen LogP contribution < -0.4 is 5.32 Å². The molecule has 0 aliphatic rings. The Balaban J connectivity index is 4.27. The predicted molar refractivity (Wildman–Crippen MR) is 53.1 cm³/mol. The van der Waals surface area contributed by atoms with Gasteiger partial charge in [-0.1, -0.05) is 0 Å². The molecule has 0 heterocycles. The number of nitrogens with one attached hydrogen (secondary N) is 1. The van der Waals surface area contributed by atoms with Gasteiger partial charge in [0, 0.05) is 12.6 Å². The van der Waals surface area contributed by atoms with E-state index in [9.17, 15) is 9.59 Å². The summed E-state index contributed by atoms with van der Waals surface area (Å²) in [5.74, 6) is -1.09. The number of amides is 2. The van der Waals surface area contributed by atoms with Crippen molar-refractivity contribution < 1.29 is 14.7 Å². The van der Waals surface area contributed by atoms with Gasteiger partial charge in [-0.25, -0.2) is 4.79 Å². The Morgan fingerprint density at radius 2 is 2.13 bits per heavy atom. The van der Waals surface area contributed by atoms with Gasteiger partial charge >= 0.3 is 12.0 Å². The standard InChI is InChI=1S/C9H15N3O3/c1-7(2)11-9(15)12(5-3-4-10)6-8(13)14/h7H,3,5-6H2,1-2H3,(H,11,15)(H,13,14). The zero-order valence-corrected chi connectivity index (χ0v) is 8.86. The van der Waals surface area contributed by atoms with Gasteiger partial charge in [0.15, 0.2) is 0 Å². The number of carbonyl (C=O) groups excluding carboxylic acids is 1. The van der Waals surface area contributed by atoms with Gasteiger partial charge < -0.3 is 15.3 Å². The van der Waals surface area contributed by atoms with E-state index in [2.05, 4.69) is 5.32 Å². The van der Waals surface area contributed by atoms with Gasteiger partial charge in [0.05, 0.1) is 12.5 Å². The molecule has 0 spiro atoms. The van der Waals surface area contributed by atoms with Gasteiger partial charge in [0.25, 0.3) is 0 Å². The molecule has 0 aliphatic heterocycles. The molecular formula is C9H15N3O3. The third-order valence-electron chi connectivity index (χ3n) is 1.52. The van der Waals surface area contributed by atoms with E-state index in [1.807, 2.05) is 6.07 Å². The summed E-state index contributed by atoms with van der Waals surface area (Å²) in [4.78, 5) is 23.0. The summed E-state index contributed by atoms with van der Waals surface area (Å²) in [6.45, 7) is 3.30. The Bertz CT molecular complexity index is 270. The third kappa shape index (κ3) is 6.32. The average molecular weight is 213 g/mol. The molecule has 0 bridgehead atoms. The zero-order chi connectivity index (χ0) is 11.8. The first-order valence-electron chi connectivity index (χ1n) is 4.61. The molecule has 0 aliphatic carbocycles. The van der Waals surface area contributed by atoms with Gasteiger partial charge in [0.1, 0.15) is 6.54 Å². The number of nitrogens with zero attached hydrogens (tertiary/aromatic N) is 2. The van der Waals surface area contributed by atoms with Crippen LogP contribution in [0.15, 0.2) is 0 Å². The molecule has 0 saturated heterocycles. The molecule has 2 N–H and O–H groups in total. The largest absolute Gasteiger partial charge is 0.480 e. The first-order valence-corrected chi connectivity index (χ1v) is 4.61. The molecule has 2 amide bonds. The number of aliphatic carboxylic acids is 1. The molecule has 0 atom stereocenters. The molecular weight excluding hydrogens is 198 g/mol. The number of carbonyl (C=O) groups is 2. The third-order valence-corrected chi connectivity index (χ3v) is 1.52. The molecule has 0 unspecified atom stereocenters. The first-order chi connectivity index (χ1) is 6.97. The van der Waals surface area contributed by atoms with Gasteiger partial charge in [-0.2, -0.15) is 5.26 Å². The fourth-order valence-electron chi connectivity index (χ4n) is 0.939. The summed E-state index contributed by atoms with van der Waals surface area (Å²) >= 11 is 0. The van der Waals surface area contributed by atoms with Crippen molar-refractivity contribution >= 4 is 12.0 Å². The highest BCUT2D eigenvalue weighted by atomic mass is 16.4. The highest BCUT2D eigenvalue weighted by Crippen LogP contribution is 1.94. The van der Waals surface area contributed by atoms with Crippen molar-refractivity contribution in [1.82, 2.24) is 10.2 Å². The maximum atomic E-state index is 11.4. The molecule has 15 heavy (non-hydrogen) atoms. The normalized spacial score (nSPS) is 9.47. The number of rotatable bonds is 5. The fourth-order valence-corrected chi connectivity index (χ4v) is 0.939. The van der Waals surface area contributed by atoms with Gasteiger partial charge in [-0.15, -0.1) is 0 Å². The van der Waals surface area contributed by atoms with Crippen molar-refractivity contribution in [2.75, 3.05) is 13.1 Å². The Kier molecular flexibility index (Phi) is 5.86. The molecule has 0 aromatic rings. The maximum Gasteiger partial charge on any atom is 0.323 e. The number of hydrogen-bond acceptors (Lipinski definition) is 3. The van der Waals surface area contributed by atoms with Crippen molar-refractivity contribution in [3.05, 3.63) is 0 Å². The van der Waals surface area contributed by atoms with E-state index in [0.29, 0.717) is 0 Å². The lowest BCUT2D eigenvalue weighted by Crippen LogP contribution is -2.45. The average Bonchev–Trinajstić information content (AvgIpc) is 2.10. The summed E-state index contributed by atoms with van der Waals surface area (Å²) in [5.41, 5.74) is 0. The van der Waals surface area contributed by atoms with Crippen LogP contribution in [0.1, 0.15) is 20.3 Å². The van der Waals surface area contributed by atoms with Crippen LogP contribution in [-0.2, 0) is 4.79 Å². The lowest BCUT2D eigenvalue weighted by molar-refractivity contribution is -0.137. The highest BCUT2D eigenvalue weighted by Gasteiger charge is 2.16. The Labute approximate surface area is 88.5 Å². The number of carboxylic acids is 1. The number of carboxylic acid groups (broad SMARTS) is 1. The van der Waals surface area contributed by atoms with Crippen molar-refractivity contribution in [3.63, 3.8) is 0 Å². The van der Waals surface area contributed by atoms with E-state index in [-0.39, 0.29) is 25.6 Å². The first kappa shape index (κ1) is 13.2. The van der Waals surface area contributed by atoms with E-state index >= 15 is 0 Å². The minimum atomic E-state index is -1.09. The smallest absolute Gasteiger partial charge is 0.323 e. The second-order valence-corrected chi connectivity index (χ2v) is 3.33. The SMILES string of the molecule is CC(C)NC(=O)N(CCC#N)CC(=O)O. The van der Waals surface area contributed by atoms with Crippen molar-refractivity contribution in [3.8, 4) is 6.07 Å². The number of nitriles is 1. The fraction of sp³-hybridized carbons (Fsp3) is 0.667. The Hall–Kier alpha value is -1.77. The van der Waals surface area contributed by atoms with Crippen molar-refractivity contribution in [2.45, 2.75) is 26.3 Å².